The number of hydrogen-bond donors (Lipinski definition) is 0. The molecule has 3 aromatic rings. The predicted octanol–water partition coefficient (Wildman–Crippen LogP) is 4.88. The number of hydrogen-bond acceptors (Lipinski definition) is 5. The van der Waals surface area contributed by atoms with E-state index in [1.807, 2.05) is 32.3 Å². The molecule has 2 atom stereocenters. The van der Waals surface area contributed by atoms with E-state index < -0.39 is 6.04 Å². The molecule has 0 saturated carbocycles. The fraction of sp³-hybridized carbons (Fsp3) is 0.273. The third kappa shape index (κ3) is 4.37. The first-order chi connectivity index (χ1) is 13.1. The molecule has 0 aliphatic rings. The quantitative estimate of drug-likeness (QED) is 0.563. The van der Waals surface area contributed by atoms with Gasteiger partial charge in [-0.05, 0) is 60.4 Å². The van der Waals surface area contributed by atoms with E-state index in [-0.39, 0.29) is 5.92 Å². The molecule has 2 heterocycles. The summed E-state index contributed by atoms with van der Waals surface area (Å²) in [6.07, 6.45) is 5.76. The first-order valence-corrected chi connectivity index (χ1v) is 9.01. The highest BCUT2D eigenvalue weighted by molar-refractivity contribution is 5.48. The lowest BCUT2D eigenvalue weighted by Gasteiger charge is -2.22. The lowest BCUT2D eigenvalue weighted by atomic mass is 9.85. The van der Waals surface area contributed by atoms with Crippen molar-refractivity contribution in [1.82, 2.24) is 9.97 Å². The van der Waals surface area contributed by atoms with Gasteiger partial charge in [0, 0.05) is 44.3 Å². The Hall–Kier alpha value is -3.08. The normalized spacial score (nSPS) is 13.0. The van der Waals surface area contributed by atoms with Crippen LogP contribution in [0.5, 0.6) is 0 Å². The Morgan fingerprint density at radius 3 is 2.26 bits per heavy atom. The van der Waals surface area contributed by atoms with Gasteiger partial charge >= 0.3 is 0 Å². The molecule has 27 heavy (non-hydrogen) atoms. The highest BCUT2D eigenvalue weighted by atomic mass is 16.3. The van der Waals surface area contributed by atoms with Crippen molar-refractivity contribution in [3.05, 3.63) is 94.4 Å². The van der Waals surface area contributed by atoms with E-state index in [1.54, 1.807) is 18.6 Å². The van der Waals surface area contributed by atoms with Crippen LogP contribution in [0.15, 0.2) is 72.3 Å². The topological polar surface area (TPSA) is 58.5 Å². The minimum Gasteiger partial charge on any atom is -0.378 e. The summed E-state index contributed by atoms with van der Waals surface area (Å²) in [5.74, 6) is -0.0155. The van der Waals surface area contributed by atoms with Gasteiger partial charge in [0.15, 0.2) is 0 Å². The molecule has 5 heteroatoms. The molecule has 2 unspecified atom stereocenters. The van der Waals surface area contributed by atoms with Crippen LogP contribution in [0.4, 0.5) is 5.69 Å². The summed E-state index contributed by atoms with van der Waals surface area (Å²) in [4.78, 5) is 22.4. The van der Waals surface area contributed by atoms with Crippen LogP contribution in [0.1, 0.15) is 40.8 Å². The monoisotopic (exact) mass is 360 g/mol. The zero-order valence-corrected chi connectivity index (χ0v) is 15.9. The number of rotatable bonds is 7. The van der Waals surface area contributed by atoms with E-state index in [0.717, 1.165) is 28.1 Å². The zero-order valence-electron chi connectivity index (χ0n) is 15.9. The summed E-state index contributed by atoms with van der Waals surface area (Å²) in [5, 5.41) is 3.41. The molecular weight excluding hydrogens is 336 g/mol. The Morgan fingerprint density at radius 2 is 1.67 bits per heavy atom. The molecule has 0 aliphatic heterocycles. The van der Waals surface area contributed by atoms with Gasteiger partial charge in [-0.25, -0.2) is 0 Å². The number of aryl methyl sites for hydroxylation is 1. The third-order valence-corrected chi connectivity index (χ3v) is 4.87. The van der Waals surface area contributed by atoms with Gasteiger partial charge in [0.25, 0.3) is 0 Å². The van der Waals surface area contributed by atoms with Gasteiger partial charge in [-0.15, -0.1) is 0 Å². The number of anilines is 1. The van der Waals surface area contributed by atoms with Gasteiger partial charge in [0.05, 0.1) is 5.69 Å². The van der Waals surface area contributed by atoms with Crippen LogP contribution in [-0.4, -0.2) is 24.1 Å². The SMILES string of the molecule is Cc1cccnc1C(CC(N=O)c1ccncc1)c1ccc(N(C)C)cc1. The number of pyridine rings is 2. The van der Waals surface area contributed by atoms with Gasteiger partial charge < -0.3 is 4.90 Å². The summed E-state index contributed by atoms with van der Waals surface area (Å²) >= 11 is 0. The standard InChI is InChI=1S/C22H24N4O/c1-16-5-4-12-24-22(16)20(17-6-8-19(9-7-17)26(2)3)15-21(25-27)18-10-13-23-14-11-18/h4-14,20-21H,15H2,1-3H3. The molecule has 0 fully saturated rings. The lowest BCUT2D eigenvalue weighted by Crippen LogP contribution is -2.11. The summed E-state index contributed by atoms with van der Waals surface area (Å²) in [6.45, 7) is 2.05. The van der Waals surface area contributed by atoms with E-state index in [0.29, 0.717) is 6.42 Å². The minimum atomic E-state index is -0.451. The maximum absolute atomic E-state index is 11.6. The van der Waals surface area contributed by atoms with E-state index >= 15 is 0 Å². The van der Waals surface area contributed by atoms with Crippen molar-refractivity contribution < 1.29 is 0 Å². The van der Waals surface area contributed by atoms with Gasteiger partial charge in [0.1, 0.15) is 6.04 Å². The Labute approximate surface area is 160 Å². The molecule has 0 aliphatic carbocycles. The third-order valence-electron chi connectivity index (χ3n) is 4.87. The van der Waals surface area contributed by atoms with Crippen molar-refractivity contribution in [2.45, 2.75) is 25.3 Å². The minimum absolute atomic E-state index is 0.0155. The number of aromatic nitrogens is 2. The molecule has 2 aromatic heterocycles. The molecule has 0 amide bonds. The molecule has 0 bridgehead atoms. The average Bonchev–Trinajstić information content (AvgIpc) is 2.70. The summed E-state index contributed by atoms with van der Waals surface area (Å²) in [7, 11) is 4.04. The Balaban J connectivity index is 2.00. The van der Waals surface area contributed by atoms with Crippen molar-refractivity contribution in [2.75, 3.05) is 19.0 Å². The number of benzene rings is 1. The second kappa shape index (κ2) is 8.54. The van der Waals surface area contributed by atoms with Crippen molar-refractivity contribution in [2.24, 2.45) is 5.18 Å². The molecule has 0 N–H and O–H groups in total. The van der Waals surface area contributed by atoms with Crippen LogP contribution in [0.2, 0.25) is 0 Å². The fourth-order valence-electron chi connectivity index (χ4n) is 3.32. The Bertz CT molecular complexity index is 878. The average molecular weight is 360 g/mol. The zero-order chi connectivity index (χ0) is 19.2. The maximum atomic E-state index is 11.6. The van der Waals surface area contributed by atoms with Crippen LogP contribution in [0.25, 0.3) is 0 Å². The van der Waals surface area contributed by atoms with Crippen LogP contribution < -0.4 is 4.90 Å². The van der Waals surface area contributed by atoms with E-state index in [4.69, 9.17) is 0 Å². The second-order valence-corrected chi connectivity index (χ2v) is 6.88. The molecule has 0 radical (unpaired) electrons. The smallest absolute Gasteiger partial charge is 0.118 e. The van der Waals surface area contributed by atoms with E-state index in [1.165, 1.54) is 0 Å². The summed E-state index contributed by atoms with van der Waals surface area (Å²) in [6, 6.07) is 15.7. The number of nitroso groups, excluding NO2 is 1. The molecule has 3 rings (SSSR count). The Kier molecular flexibility index (Phi) is 5.91. The largest absolute Gasteiger partial charge is 0.378 e. The molecule has 1 aromatic carbocycles. The predicted molar refractivity (Wildman–Crippen MR) is 109 cm³/mol. The van der Waals surface area contributed by atoms with Gasteiger partial charge in [-0.1, -0.05) is 23.4 Å². The van der Waals surface area contributed by atoms with Crippen LogP contribution in [-0.2, 0) is 0 Å². The van der Waals surface area contributed by atoms with Crippen molar-refractivity contribution in [3.63, 3.8) is 0 Å². The lowest BCUT2D eigenvalue weighted by molar-refractivity contribution is 0.582. The summed E-state index contributed by atoms with van der Waals surface area (Å²) in [5.41, 5.74) is 5.24. The van der Waals surface area contributed by atoms with E-state index in [2.05, 4.69) is 57.3 Å². The second-order valence-electron chi connectivity index (χ2n) is 6.88. The first kappa shape index (κ1) is 18.7. The highest BCUT2D eigenvalue weighted by Gasteiger charge is 2.24. The first-order valence-electron chi connectivity index (χ1n) is 9.01. The van der Waals surface area contributed by atoms with Gasteiger partial charge in [-0.2, -0.15) is 4.91 Å². The van der Waals surface area contributed by atoms with E-state index in [9.17, 15) is 4.91 Å². The highest BCUT2D eigenvalue weighted by Crippen LogP contribution is 2.36. The molecule has 5 nitrogen and oxygen atoms in total. The fourth-order valence-corrected chi connectivity index (χ4v) is 3.32. The molecule has 138 valence electrons. The Morgan fingerprint density at radius 1 is 0.963 bits per heavy atom. The van der Waals surface area contributed by atoms with Crippen LogP contribution in [0.3, 0.4) is 0 Å². The van der Waals surface area contributed by atoms with Crippen LogP contribution >= 0.6 is 0 Å². The summed E-state index contributed by atoms with van der Waals surface area (Å²) < 4.78 is 0. The number of nitrogens with zero attached hydrogens (tertiary/aromatic N) is 4. The van der Waals surface area contributed by atoms with Crippen molar-refractivity contribution in [3.8, 4) is 0 Å². The molecule has 0 saturated heterocycles. The van der Waals surface area contributed by atoms with Gasteiger partial charge in [0.2, 0.25) is 0 Å². The molecular formula is C22H24N4O. The maximum Gasteiger partial charge on any atom is 0.118 e. The molecule has 0 spiro atoms. The van der Waals surface area contributed by atoms with Crippen molar-refractivity contribution >= 4 is 5.69 Å². The van der Waals surface area contributed by atoms with Crippen LogP contribution in [0, 0.1) is 11.8 Å². The van der Waals surface area contributed by atoms with Gasteiger partial charge in [-0.3, -0.25) is 9.97 Å². The van der Waals surface area contributed by atoms with Crippen molar-refractivity contribution in [1.29, 1.82) is 0 Å².